The smallest absolute Gasteiger partial charge is 0.0772 e. The van der Waals surface area contributed by atoms with E-state index in [1.54, 1.807) is 0 Å². The number of anilines is 4. The minimum Gasteiger partial charge on any atom is -0.379 e. The summed E-state index contributed by atoms with van der Waals surface area (Å²) in [7, 11) is 0. The van der Waals surface area contributed by atoms with Gasteiger partial charge in [0.05, 0.1) is 11.4 Å². The standard InChI is InChI=1S/C29H24N2/c1-4-12-23(13-5-1)22-30-28-21-20-24-14-10-11-19-27(24)29(28)31(25-15-6-2-7-16-25)26-17-8-3-9-18-26/h1-21,30H,22H2. The van der Waals surface area contributed by atoms with Crippen LogP contribution in [0.15, 0.2) is 127 Å². The van der Waals surface area contributed by atoms with E-state index in [-0.39, 0.29) is 0 Å². The Hall–Kier alpha value is -4.04. The summed E-state index contributed by atoms with van der Waals surface area (Å²) in [5.74, 6) is 0. The van der Waals surface area contributed by atoms with Gasteiger partial charge in [-0.15, -0.1) is 0 Å². The summed E-state index contributed by atoms with van der Waals surface area (Å²) in [4.78, 5) is 2.34. The van der Waals surface area contributed by atoms with Crippen LogP contribution < -0.4 is 10.2 Å². The first-order chi connectivity index (χ1) is 15.4. The van der Waals surface area contributed by atoms with Gasteiger partial charge in [0.25, 0.3) is 0 Å². The molecule has 0 aliphatic heterocycles. The van der Waals surface area contributed by atoms with E-state index in [9.17, 15) is 0 Å². The van der Waals surface area contributed by atoms with Gasteiger partial charge in [-0.3, -0.25) is 0 Å². The van der Waals surface area contributed by atoms with Crippen LogP contribution in [0.4, 0.5) is 22.7 Å². The zero-order valence-corrected chi connectivity index (χ0v) is 17.3. The number of hydrogen-bond acceptors (Lipinski definition) is 2. The maximum Gasteiger partial charge on any atom is 0.0772 e. The molecule has 0 saturated carbocycles. The lowest BCUT2D eigenvalue weighted by Crippen LogP contribution is -2.13. The van der Waals surface area contributed by atoms with E-state index >= 15 is 0 Å². The average molecular weight is 401 g/mol. The SMILES string of the molecule is c1ccc(CNc2ccc3ccccc3c2N(c2ccccc2)c2ccccc2)cc1. The highest BCUT2D eigenvalue weighted by Crippen LogP contribution is 2.43. The van der Waals surface area contributed by atoms with Crippen LogP contribution in [0.2, 0.25) is 0 Å². The normalized spacial score (nSPS) is 10.7. The van der Waals surface area contributed by atoms with Gasteiger partial charge in [0.2, 0.25) is 0 Å². The number of para-hydroxylation sites is 2. The molecule has 2 heteroatoms. The molecule has 1 N–H and O–H groups in total. The Morgan fingerprint density at radius 2 is 1.06 bits per heavy atom. The number of nitrogens with one attached hydrogen (secondary N) is 1. The molecule has 0 aromatic heterocycles. The van der Waals surface area contributed by atoms with Crippen molar-refractivity contribution in [2.45, 2.75) is 6.54 Å². The van der Waals surface area contributed by atoms with E-state index in [0.717, 1.165) is 29.3 Å². The highest BCUT2D eigenvalue weighted by Gasteiger charge is 2.18. The van der Waals surface area contributed by atoms with E-state index in [1.165, 1.54) is 16.3 Å². The van der Waals surface area contributed by atoms with Gasteiger partial charge in [-0.25, -0.2) is 0 Å². The van der Waals surface area contributed by atoms with Gasteiger partial charge in [-0.1, -0.05) is 97.1 Å². The summed E-state index contributed by atoms with van der Waals surface area (Å²) in [6, 6.07) is 44.6. The Labute approximate surface area is 183 Å². The van der Waals surface area contributed by atoms with Gasteiger partial charge in [0.15, 0.2) is 0 Å². The van der Waals surface area contributed by atoms with Crippen molar-refractivity contribution >= 4 is 33.5 Å². The second kappa shape index (κ2) is 8.76. The molecule has 0 fully saturated rings. The van der Waals surface area contributed by atoms with Crippen molar-refractivity contribution in [1.29, 1.82) is 0 Å². The molecule has 0 spiro atoms. The van der Waals surface area contributed by atoms with Gasteiger partial charge in [0, 0.05) is 23.3 Å². The summed E-state index contributed by atoms with van der Waals surface area (Å²) in [5, 5.41) is 6.14. The second-order valence-electron chi connectivity index (χ2n) is 7.53. The Bertz CT molecular complexity index is 1230. The molecule has 0 unspecified atom stereocenters. The summed E-state index contributed by atoms with van der Waals surface area (Å²) in [6.07, 6.45) is 0. The Morgan fingerprint density at radius 3 is 1.71 bits per heavy atom. The predicted molar refractivity (Wildman–Crippen MR) is 132 cm³/mol. The minimum atomic E-state index is 0.767. The van der Waals surface area contributed by atoms with Crippen molar-refractivity contribution in [2.24, 2.45) is 0 Å². The van der Waals surface area contributed by atoms with Crippen LogP contribution >= 0.6 is 0 Å². The first-order valence-corrected chi connectivity index (χ1v) is 10.6. The largest absolute Gasteiger partial charge is 0.379 e. The van der Waals surface area contributed by atoms with Gasteiger partial charge in [-0.2, -0.15) is 0 Å². The molecule has 0 amide bonds. The third kappa shape index (κ3) is 4.01. The van der Waals surface area contributed by atoms with Crippen molar-refractivity contribution < 1.29 is 0 Å². The highest BCUT2D eigenvalue weighted by molar-refractivity contribution is 6.04. The molecular formula is C29H24N2. The third-order valence-electron chi connectivity index (χ3n) is 5.48. The molecule has 31 heavy (non-hydrogen) atoms. The minimum absolute atomic E-state index is 0.767. The first kappa shape index (κ1) is 19.0. The maximum atomic E-state index is 3.70. The molecule has 2 nitrogen and oxygen atoms in total. The van der Waals surface area contributed by atoms with Crippen molar-refractivity contribution in [3.8, 4) is 0 Å². The lowest BCUT2D eigenvalue weighted by molar-refractivity contribution is 1.14. The van der Waals surface area contributed by atoms with Gasteiger partial charge in [-0.05, 0) is 41.3 Å². The molecule has 0 heterocycles. The predicted octanol–water partition coefficient (Wildman–Crippen LogP) is 7.92. The fraction of sp³-hybridized carbons (Fsp3) is 0.0345. The zero-order valence-electron chi connectivity index (χ0n) is 17.3. The summed E-state index contributed by atoms with van der Waals surface area (Å²) >= 11 is 0. The summed E-state index contributed by atoms with van der Waals surface area (Å²) in [5.41, 5.74) is 5.79. The van der Waals surface area contributed by atoms with E-state index in [1.807, 2.05) is 0 Å². The monoisotopic (exact) mass is 400 g/mol. The number of rotatable bonds is 6. The summed E-state index contributed by atoms with van der Waals surface area (Å²) in [6.45, 7) is 0.767. The Kier molecular flexibility index (Phi) is 5.36. The fourth-order valence-corrected chi connectivity index (χ4v) is 3.99. The topological polar surface area (TPSA) is 15.3 Å². The van der Waals surface area contributed by atoms with E-state index < -0.39 is 0 Å². The molecule has 5 rings (SSSR count). The van der Waals surface area contributed by atoms with Crippen molar-refractivity contribution in [3.63, 3.8) is 0 Å². The lowest BCUT2D eigenvalue weighted by Gasteiger charge is -2.29. The Morgan fingerprint density at radius 1 is 0.516 bits per heavy atom. The average Bonchev–Trinajstić information content (AvgIpc) is 2.85. The molecule has 150 valence electrons. The van der Waals surface area contributed by atoms with Crippen LogP contribution in [-0.2, 0) is 6.54 Å². The van der Waals surface area contributed by atoms with Crippen LogP contribution in [0.25, 0.3) is 10.8 Å². The molecule has 0 radical (unpaired) electrons. The highest BCUT2D eigenvalue weighted by atomic mass is 15.2. The zero-order chi connectivity index (χ0) is 20.9. The van der Waals surface area contributed by atoms with Crippen molar-refractivity contribution in [3.05, 3.63) is 133 Å². The van der Waals surface area contributed by atoms with Crippen LogP contribution in [0.3, 0.4) is 0 Å². The quantitative estimate of drug-likeness (QED) is 0.311. The van der Waals surface area contributed by atoms with Crippen LogP contribution in [-0.4, -0.2) is 0 Å². The molecule has 5 aromatic carbocycles. The number of benzene rings is 5. The molecule has 0 aliphatic carbocycles. The van der Waals surface area contributed by atoms with Crippen molar-refractivity contribution in [1.82, 2.24) is 0 Å². The first-order valence-electron chi connectivity index (χ1n) is 10.6. The van der Waals surface area contributed by atoms with Gasteiger partial charge >= 0.3 is 0 Å². The van der Waals surface area contributed by atoms with Gasteiger partial charge in [0.1, 0.15) is 0 Å². The van der Waals surface area contributed by atoms with E-state index in [0.29, 0.717) is 0 Å². The molecule has 0 bridgehead atoms. The maximum absolute atomic E-state index is 3.70. The Balaban J connectivity index is 1.69. The molecule has 0 saturated heterocycles. The molecule has 0 atom stereocenters. The fourth-order valence-electron chi connectivity index (χ4n) is 3.99. The second-order valence-corrected chi connectivity index (χ2v) is 7.53. The molecular weight excluding hydrogens is 376 g/mol. The van der Waals surface area contributed by atoms with E-state index in [4.69, 9.17) is 0 Å². The summed E-state index contributed by atoms with van der Waals surface area (Å²) < 4.78 is 0. The van der Waals surface area contributed by atoms with Gasteiger partial charge < -0.3 is 10.2 Å². The molecule has 0 aliphatic rings. The number of nitrogens with zero attached hydrogens (tertiary/aromatic N) is 1. The lowest BCUT2D eigenvalue weighted by atomic mass is 10.0. The van der Waals surface area contributed by atoms with Crippen LogP contribution in [0.1, 0.15) is 5.56 Å². The number of hydrogen-bond donors (Lipinski definition) is 1. The molecule has 5 aromatic rings. The van der Waals surface area contributed by atoms with Crippen LogP contribution in [0.5, 0.6) is 0 Å². The van der Waals surface area contributed by atoms with E-state index in [2.05, 4.69) is 138 Å². The van der Waals surface area contributed by atoms with Crippen LogP contribution in [0, 0.1) is 0 Å². The number of fused-ring (bicyclic) bond motifs is 1. The van der Waals surface area contributed by atoms with Crippen molar-refractivity contribution in [2.75, 3.05) is 10.2 Å². The third-order valence-corrected chi connectivity index (χ3v) is 5.48.